The molecule has 164 valence electrons. The number of amides is 1. The van der Waals surface area contributed by atoms with Crippen LogP contribution in [0.4, 0.5) is 19.0 Å². The third kappa shape index (κ3) is 4.92. The Morgan fingerprint density at radius 3 is 2.40 bits per heavy atom. The van der Waals surface area contributed by atoms with Gasteiger partial charge < -0.3 is 19.9 Å². The van der Waals surface area contributed by atoms with Gasteiger partial charge >= 0.3 is 6.18 Å². The van der Waals surface area contributed by atoms with Gasteiger partial charge in [0.25, 0.3) is 0 Å². The van der Waals surface area contributed by atoms with Gasteiger partial charge in [0.05, 0.1) is 6.42 Å². The summed E-state index contributed by atoms with van der Waals surface area (Å²) in [4.78, 5) is 22.4. The number of aliphatic hydroxyl groups is 1. The summed E-state index contributed by atoms with van der Waals surface area (Å²) >= 11 is 0. The average molecular weight is 425 g/mol. The summed E-state index contributed by atoms with van der Waals surface area (Å²) in [5.74, 6) is -0.712. The van der Waals surface area contributed by atoms with Crippen molar-refractivity contribution in [3.05, 3.63) is 42.1 Å². The van der Waals surface area contributed by atoms with Crippen molar-refractivity contribution < 1.29 is 23.1 Å². The molecule has 1 aliphatic heterocycles. The number of aromatic nitrogens is 3. The number of aryl methyl sites for hydroxylation is 1. The van der Waals surface area contributed by atoms with Gasteiger partial charge in [-0.25, -0.2) is 9.97 Å². The smallest absolute Gasteiger partial charge is 0.374 e. The summed E-state index contributed by atoms with van der Waals surface area (Å²) in [6.07, 6.45) is 2.46. The van der Waals surface area contributed by atoms with Crippen LogP contribution in [0.5, 0.6) is 0 Å². The molecule has 1 amide bonds. The molecule has 30 heavy (non-hydrogen) atoms. The third-order valence-electron chi connectivity index (χ3n) is 5.31. The second kappa shape index (κ2) is 9.03. The van der Waals surface area contributed by atoms with Gasteiger partial charge in [0.2, 0.25) is 11.5 Å². The van der Waals surface area contributed by atoms with Crippen LogP contribution in [0.25, 0.3) is 0 Å². The van der Waals surface area contributed by atoms with Gasteiger partial charge in [-0.05, 0) is 24.5 Å². The molecule has 10 heteroatoms. The number of rotatable bonds is 6. The van der Waals surface area contributed by atoms with E-state index in [1.165, 1.54) is 26.1 Å². The van der Waals surface area contributed by atoms with Crippen LogP contribution in [0, 0.1) is 0 Å². The molecular formula is C20H26F3N5O2. The molecule has 1 saturated heterocycles. The van der Waals surface area contributed by atoms with Crippen molar-refractivity contribution in [1.29, 1.82) is 0 Å². The summed E-state index contributed by atoms with van der Waals surface area (Å²) in [7, 11) is 1.33. The maximum atomic E-state index is 13.5. The van der Waals surface area contributed by atoms with E-state index < -0.39 is 29.9 Å². The van der Waals surface area contributed by atoms with Gasteiger partial charge in [-0.3, -0.25) is 4.79 Å². The second-order valence-electron chi connectivity index (χ2n) is 7.60. The first-order valence-corrected chi connectivity index (χ1v) is 9.94. The Hall–Kier alpha value is -2.62. The van der Waals surface area contributed by atoms with Gasteiger partial charge in [-0.2, -0.15) is 13.2 Å². The zero-order chi connectivity index (χ0) is 21.8. The molecule has 1 fully saturated rings. The Morgan fingerprint density at radius 2 is 1.87 bits per heavy atom. The number of hydrogen-bond donors (Lipinski definition) is 2. The maximum absolute atomic E-state index is 13.5. The lowest BCUT2D eigenvalue weighted by Crippen LogP contribution is -2.47. The number of anilines is 1. The first kappa shape index (κ1) is 22.1. The Bertz CT molecular complexity index is 845. The Morgan fingerprint density at radius 1 is 1.17 bits per heavy atom. The van der Waals surface area contributed by atoms with E-state index in [0.29, 0.717) is 5.56 Å². The van der Waals surface area contributed by atoms with Crippen LogP contribution in [-0.2, 0) is 24.0 Å². The predicted molar refractivity (Wildman–Crippen MR) is 105 cm³/mol. The molecule has 0 saturated carbocycles. The van der Waals surface area contributed by atoms with E-state index in [2.05, 4.69) is 20.2 Å². The lowest BCUT2D eigenvalue weighted by atomic mass is 9.97. The highest BCUT2D eigenvalue weighted by Crippen LogP contribution is 2.40. The van der Waals surface area contributed by atoms with Gasteiger partial charge in [0.1, 0.15) is 5.82 Å². The van der Waals surface area contributed by atoms with E-state index in [9.17, 15) is 23.1 Å². The molecule has 1 aliphatic rings. The molecule has 0 bridgehead atoms. The van der Waals surface area contributed by atoms with Gasteiger partial charge in [-0.15, -0.1) is 0 Å². The monoisotopic (exact) mass is 425 g/mol. The van der Waals surface area contributed by atoms with Gasteiger partial charge in [0, 0.05) is 45.3 Å². The molecule has 0 radical (unpaired) electrons. The van der Waals surface area contributed by atoms with E-state index in [-0.39, 0.29) is 6.54 Å². The third-order valence-corrected chi connectivity index (χ3v) is 5.31. The highest BCUT2D eigenvalue weighted by Gasteiger charge is 2.58. The Kier molecular flexibility index (Phi) is 6.64. The highest BCUT2D eigenvalue weighted by molar-refractivity contribution is 5.77. The SMILES string of the molecule is Cn1ccnc1C(O)(CC(=O)NCc1ccc(N2CCCCCC2)nc1)C(F)(F)F. The van der Waals surface area contributed by atoms with Crippen molar-refractivity contribution in [1.82, 2.24) is 19.9 Å². The van der Waals surface area contributed by atoms with Crippen LogP contribution >= 0.6 is 0 Å². The van der Waals surface area contributed by atoms with Crippen LogP contribution in [0.2, 0.25) is 0 Å². The van der Waals surface area contributed by atoms with Crippen molar-refractivity contribution in [2.45, 2.75) is 50.4 Å². The summed E-state index contributed by atoms with van der Waals surface area (Å²) in [6, 6.07) is 3.65. The molecule has 1 unspecified atom stereocenters. The molecule has 0 spiro atoms. The molecule has 2 aromatic heterocycles. The number of nitrogens with one attached hydrogen (secondary N) is 1. The Balaban J connectivity index is 1.61. The van der Waals surface area contributed by atoms with Crippen LogP contribution in [-0.4, -0.2) is 44.8 Å². The molecule has 0 aliphatic carbocycles. The standard InChI is InChI=1S/C20H26F3N5O2/c1-27-11-8-24-18(27)19(30,20(21,22)23)12-17(29)26-14-15-6-7-16(25-13-15)28-9-4-2-3-5-10-28/h6-8,11,13,30H,2-5,9-10,12,14H2,1H3,(H,26,29). The zero-order valence-electron chi connectivity index (χ0n) is 16.8. The van der Waals surface area contributed by atoms with E-state index in [1.807, 2.05) is 6.07 Å². The Labute approximate surface area is 172 Å². The highest BCUT2D eigenvalue weighted by atomic mass is 19.4. The number of alkyl halides is 3. The largest absolute Gasteiger partial charge is 0.425 e. The number of carbonyl (C=O) groups excluding carboxylic acids is 1. The van der Waals surface area contributed by atoms with E-state index >= 15 is 0 Å². The van der Waals surface area contributed by atoms with Crippen molar-refractivity contribution in [2.24, 2.45) is 7.05 Å². The number of carbonyl (C=O) groups is 1. The van der Waals surface area contributed by atoms with Gasteiger partial charge in [-0.1, -0.05) is 18.9 Å². The molecule has 3 rings (SSSR count). The van der Waals surface area contributed by atoms with Crippen LogP contribution in [0.3, 0.4) is 0 Å². The maximum Gasteiger partial charge on any atom is 0.425 e. The fourth-order valence-corrected chi connectivity index (χ4v) is 3.57. The lowest BCUT2D eigenvalue weighted by molar-refractivity contribution is -0.271. The minimum atomic E-state index is -5.06. The van der Waals surface area contributed by atoms with E-state index in [0.717, 1.165) is 42.5 Å². The van der Waals surface area contributed by atoms with Crippen LogP contribution in [0.1, 0.15) is 43.5 Å². The average Bonchev–Trinajstić information content (AvgIpc) is 2.96. The first-order chi connectivity index (χ1) is 14.2. The lowest BCUT2D eigenvalue weighted by Gasteiger charge is -2.29. The summed E-state index contributed by atoms with van der Waals surface area (Å²) in [5, 5.41) is 12.7. The van der Waals surface area contributed by atoms with Crippen LogP contribution in [0.15, 0.2) is 30.7 Å². The molecule has 3 heterocycles. The zero-order valence-corrected chi connectivity index (χ0v) is 16.8. The molecular weight excluding hydrogens is 399 g/mol. The molecule has 0 aromatic carbocycles. The number of imidazole rings is 1. The van der Waals surface area contributed by atoms with E-state index in [4.69, 9.17) is 0 Å². The summed E-state index contributed by atoms with van der Waals surface area (Å²) in [6.45, 7) is 1.92. The summed E-state index contributed by atoms with van der Waals surface area (Å²) in [5.41, 5.74) is -2.71. The summed E-state index contributed by atoms with van der Waals surface area (Å²) < 4.78 is 41.6. The van der Waals surface area contributed by atoms with Gasteiger partial charge in [0.15, 0.2) is 5.82 Å². The number of nitrogens with zero attached hydrogens (tertiary/aromatic N) is 4. The van der Waals surface area contributed by atoms with Crippen LogP contribution < -0.4 is 10.2 Å². The van der Waals surface area contributed by atoms with Crippen molar-refractivity contribution >= 4 is 11.7 Å². The number of halogens is 3. The molecule has 2 aromatic rings. The normalized spacial score (nSPS) is 17.3. The predicted octanol–water partition coefficient (Wildman–Crippen LogP) is 2.65. The number of hydrogen-bond acceptors (Lipinski definition) is 5. The minimum absolute atomic E-state index is 0.0145. The first-order valence-electron chi connectivity index (χ1n) is 9.94. The number of pyridine rings is 1. The topological polar surface area (TPSA) is 83.3 Å². The fourth-order valence-electron chi connectivity index (χ4n) is 3.57. The van der Waals surface area contributed by atoms with Crippen molar-refractivity contribution in [3.8, 4) is 0 Å². The minimum Gasteiger partial charge on any atom is -0.374 e. The molecule has 2 N–H and O–H groups in total. The molecule has 7 nitrogen and oxygen atoms in total. The second-order valence-corrected chi connectivity index (χ2v) is 7.60. The molecule has 1 atom stereocenters. The quantitative estimate of drug-likeness (QED) is 0.744. The van der Waals surface area contributed by atoms with Crippen molar-refractivity contribution in [3.63, 3.8) is 0 Å². The van der Waals surface area contributed by atoms with Crippen molar-refractivity contribution in [2.75, 3.05) is 18.0 Å². The van der Waals surface area contributed by atoms with E-state index in [1.54, 1.807) is 12.3 Å². The fraction of sp³-hybridized carbons (Fsp3) is 0.550.